The molecule has 0 saturated carbocycles. The third-order valence-electron chi connectivity index (χ3n) is 4.82. The normalized spacial score (nSPS) is 12.2. The van der Waals surface area contributed by atoms with Gasteiger partial charge in [-0.1, -0.05) is 25.1 Å². The first-order valence-corrected chi connectivity index (χ1v) is 10.3. The lowest BCUT2D eigenvalue weighted by Gasteiger charge is -2.20. The Balaban J connectivity index is 2.08. The van der Waals surface area contributed by atoms with E-state index in [1.807, 2.05) is 19.9 Å². The van der Waals surface area contributed by atoms with E-state index in [2.05, 4.69) is 23.6 Å². The minimum absolute atomic E-state index is 0.0250. The lowest BCUT2D eigenvalue weighted by atomic mass is 10.1. The molecule has 0 saturated heterocycles. The first-order valence-electron chi connectivity index (χ1n) is 10.3. The lowest BCUT2D eigenvalue weighted by Crippen LogP contribution is -2.32. The third kappa shape index (κ3) is 4.94. The van der Waals surface area contributed by atoms with Crippen LogP contribution in [-0.2, 0) is 6.42 Å². The number of ether oxygens (including phenoxy) is 2. The Hall–Kier alpha value is -3.61. The average molecular weight is 421 g/mol. The summed E-state index contributed by atoms with van der Waals surface area (Å²) in [6.07, 6.45) is 4.71. The third-order valence-corrected chi connectivity index (χ3v) is 4.82. The number of nitrogens with one attached hydrogen (secondary N) is 1. The van der Waals surface area contributed by atoms with Crippen LogP contribution >= 0.6 is 0 Å². The molecule has 0 aliphatic rings. The van der Waals surface area contributed by atoms with Gasteiger partial charge in [-0.05, 0) is 56.5 Å². The Bertz CT molecular complexity index is 1220. The number of hydrogen-bond donors (Lipinski definition) is 1. The van der Waals surface area contributed by atoms with Gasteiger partial charge < -0.3 is 14.5 Å². The van der Waals surface area contributed by atoms with Crippen molar-refractivity contribution in [2.45, 2.75) is 39.7 Å². The van der Waals surface area contributed by atoms with Crippen LogP contribution in [0.25, 0.3) is 10.9 Å². The second kappa shape index (κ2) is 9.93. The number of para-hydroxylation sites is 1. The van der Waals surface area contributed by atoms with Gasteiger partial charge >= 0.3 is 5.69 Å². The highest BCUT2D eigenvalue weighted by molar-refractivity contribution is 5.82. The van der Waals surface area contributed by atoms with Crippen LogP contribution in [0, 0.1) is 0 Å². The van der Waals surface area contributed by atoms with Crippen molar-refractivity contribution in [3.05, 3.63) is 81.0 Å². The molecule has 0 aliphatic heterocycles. The fourth-order valence-electron chi connectivity index (χ4n) is 3.13. The van der Waals surface area contributed by atoms with E-state index >= 15 is 0 Å². The number of benzene rings is 2. The summed E-state index contributed by atoms with van der Waals surface area (Å²) in [5.41, 5.74) is 0.956. The molecule has 0 fully saturated rings. The standard InChI is InChI=1S/C24H27N3O4/c1-5-10-18-13-17(14-21(30-7-3)22(18)31-16(4)6-2)15-25-27-23(28)19-11-8-9-12-20(19)26-24(27)29/h5,8-9,11-16H,1,6-7,10H2,2-4H3,(H,26,29)/t16-/m0/s1. The first kappa shape index (κ1) is 22.1. The minimum Gasteiger partial charge on any atom is -0.490 e. The summed E-state index contributed by atoms with van der Waals surface area (Å²) in [4.78, 5) is 27.7. The van der Waals surface area contributed by atoms with Gasteiger partial charge in [-0.25, -0.2) is 4.79 Å². The molecule has 1 aromatic heterocycles. The van der Waals surface area contributed by atoms with E-state index in [0.717, 1.165) is 16.7 Å². The molecule has 0 unspecified atom stereocenters. The van der Waals surface area contributed by atoms with Crippen LogP contribution in [0.4, 0.5) is 0 Å². The quantitative estimate of drug-likeness (QED) is 0.420. The van der Waals surface area contributed by atoms with E-state index in [9.17, 15) is 9.59 Å². The van der Waals surface area contributed by atoms with Gasteiger partial charge in [-0.15, -0.1) is 11.3 Å². The van der Waals surface area contributed by atoms with Gasteiger partial charge in [0.2, 0.25) is 0 Å². The zero-order chi connectivity index (χ0) is 22.4. The van der Waals surface area contributed by atoms with Crippen LogP contribution in [-0.4, -0.2) is 28.6 Å². The van der Waals surface area contributed by atoms with Gasteiger partial charge in [0.25, 0.3) is 5.56 Å². The smallest absolute Gasteiger partial charge is 0.349 e. The Morgan fingerprint density at radius 2 is 2.00 bits per heavy atom. The fraction of sp³-hybridized carbons (Fsp3) is 0.292. The molecule has 0 amide bonds. The maximum atomic E-state index is 12.7. The number of aromatic nitrogens is 2. The zero-order valence-corrected chi connectivity index (χ0v) is 18.1. The molecule has 1 atom stereocenters. The fourth-order valence-corrected chi connectivity index (χ4v) is 3.13. The summed E-state index contributed by atoms with van der Waals surface area (Å²) in [7, 11) is 0. The number of hydrogen-bond acceptors (Lipinski definition) is 5. The molecule has 0 spiro atoms. The predicted molar refractivity (Wildman–Crippen MR) is 124 cm³/mol. The maximum Gasteiger partial charge on any atom is 0.349 e. The average Bonchev–Trinajstić information content (AvgIpc) is 2.76. The van der Waals surface area contributed by atoms with Crippen LogP contribution < -0.4 is 20.7 Å². The predicted octanol–water partition coefficient (Wildman–Crippen LogP) is 3.88. The lowest BCUT2D eigenvalue weighted by molar-refractivity contribution is 0.201. The highest BCUT2D eigenvalue weighted by Crippen LogP contribution is 2.34. The molecule has 0 aliphatic carbocycles. The zero-order valence-electron chi connectivity index (χ0n) is 18.1. The Morgan fingerprint density at radius 3 is 2.71 bits per heavy atom. The van der Waals surface area contributed by atoms with Gasteiger partial charge in [0.1, 0.15) is 0 Å². The SMILES string of the molecule is C=CCc1cc(C=Nn2c(=O)[nH]c3ccccc3c2=O)cc(OCC)c1O[C@@H](C)CC. The number of nitrogens with zero attached hydrogens (tertiary/aromatic N) is 2. The molecule has 2 aromatic carbocycles. The molecule has 3 aromatic rings. The Morgan fingerprint density at radius 1 is 1.23 bits per heavy atom. The van der Waals surface area contributed by atoms with Crippen molar-refractivity contribution in [2.75, 3.05) is 6.61 Å². The molecule has 7 heteroatoms. The summed E-state index contributed by atoms with van der Waals surface area (Å²) in [5.74, 6) is 1.26. The molecule has 7 nitrogen and oxygen atoms in total. The summed E-state index contributed by atoms with van der Waals surface area (Å²) in [6.45, 7) is 10.2. The number of allylic oxidation sites excluding steroid dienone is 1. The molecule has 1 N–H and O–H groups in total. The molecule has 3 rings (SSSR count). The van der Waals surface area contributed by atoms with Crippen LogP contribution in [0.15, 0.2) is 63.7 Å². The molecular formula is C24H27N3O4. The van der Waals surface area contributed by atoms with E-state index in [0.29, 0.717) is 41.0 Å². The summed E-state index contributed by atoms with van der Waals surface area (Å²) < 4.78 is 12.7. The Labute approximate surface area is 180 Å². The Kier molecular flexibility index (Phi) is 7.07. The highest BCUT2D eigenvalue weighted by Gasteiger charge is 2.15. The van der Waals surface area contributed by atoms with Crippen molar-refractivity contribution in [2.24, 2.45) is 5.10 Å². The van der Waals surface area contributed by atoms with Crippen LogP contribution in [0.3, 0.4) is 0 Å². The molecule has 0 radical (unpaired) electrons. The van der Waals surface area contributed by atoms with E-state index in [-0.39, 0.29) is 6.10 Å². The van der Waals surface area contributed by atoms with E-state index in [4.69, 9.17) is 9.47 Å². The van der Waals surface area contributed by atoms with Gasteiger partial charge in [0, 0.05) is 5.56 Å². The number of fused-ring (bicyclic) bond motifs is 1. The second-order valence-electron chi connectivity index (χ2n) is 7.11. The highest BCUT2D eigenvalue weighted by atomic mass is 16.5. The number of rotatable bonds is 9. The topological polar surface area (TPSA) is 85.7 Å². The van der Waals surface area contributed by atoms with E-state index in [1.54, 1.807) is 36.4 Å². The summed E-state index contributed by atoms with van der Waals surface area (Å²) in [5, 5.41) is 4.54. The van der Waals surface area contributed by atoms with E-state index in [1.165, 1.54) is 6.21 Å². The molecule has 31 heavy (non-hydrogen) atoms. The van der Waals surface area contributed by atoms with Crippen molar-refractivity contribution in [1.82, 2.24) is 9.66 Å². The monoisotopic (exact) mass is 421 g/mol. The molecule has 0 bridgehead atoms. The van der Waals surface area contributed by atoms with Gasteiger partial charge in [0.15, 0.2) is 11.5 Å². The van der Waals surface area contributed by atoms with Crippen molar-refractivity contribution in [3.63, 3.8) is 0 Å². The van der Waals surface area contributed by atoms with Crippen molar-refractivity contribution >= 4 is 17.1 Å². The first-order chi connectivity index (χ1) is 15.0. The second-order valence-corrected chi connectivity index (χ2v) is 7.11. The van der Waals surface area contributed by atoms with Crippen LogP contribution in [0.2, 0.25) is 0 Å². The van der Waals surface area contributed by atoms with Crippen LogP contribution in [0.1, 0.15) is 38.3 Å². The van der Waals surface area contributed by atoms with Crippen molar-refractivity contribution in [1.29, 1.82) is 0 Å². The summed E-state index contributed by atoms with van der Waals surface area (Å²) in [6, 6.07) is 10.5. The summed E-state index contributed by atoms with van der Waals surface area (Å²) >= 11 is 0. The number of aromatic amines is 1. The minimum atomic E-state index is -0.604. The maximum absolute atomic E-state index is 12.7. The van der Waals surface area contributed by atoms with Gasteiger partial charge in [-0.2, -0.15) is 5.10 Å². The van der Waals surface area contributed by atoms with Crippen LogP contribution in [0.5, 0.6) is 11.5 Å². The molecule has 1 heterocycles. The van der Waals surface area contributed by atoms with Gasteiger partial charge in [-0.3, -0.25) is 4.79 Å². The van der Waals surface area contributed by atoms with E-state index < -0.39 is 11.2 Å². The van der Waals surface area contributed by atoms with Crippen molar-refractivity contribution < 1.29 is 9.47 Å². The molecular weight excluding hydrogens is 394 g/mol. The van der Waals surface area contributed by atoms with Gasteiger partial charge in [0.05, 0.1) is 29.8 Å². The largest absolute Gasteiger partial charge is 0.490 e. The number of H-pyrrole nitrogens is 1. The van der Waals surface area contributed by atoms with Crippen molar-refractivity contribution in [3.8, 4) is 11.5 Å². The molecule has 162 valence electrons.